The van der Waals surface area contributed by atoms with E-state index >= 15 is 0 Å². The van der Waals surface area contributed by atoms with Gasteiger partial charge in [0.05, 0.1) is 11.1 Å². The molecule has 0 spiro atoms. The Morgan fingerprint density at radius 2 is 1.83 bits per heavy atom. The maximum absolute atomic E-state index is 13.7. The zero-order valence-electron chi connectivity index (χ0n) is 19.3. The molecule has 1 saturated heterocycles. The monoisotopic (exact) mass is 494 g/mol. The van der Waals surface area contributed by atoms with E-state index in [1.165, 1.54) is 17.7 Å². The number of fused-ring (bicyclic) bond motifs is 3. The van der Waals surface area contributed by atoms with Crippen LogP contribution in [0.2, 0.25) is 0 Å². The average molecular weight is 494 g/mol. The molecule has 2 heterocycles. The van der Waals surface area contributed by atoms with E-state index in [1.807, 2.05) is 18.0 Å². The summed E-state index contributed by atoms with van der Waals surface area (Å²) >= 11 is 0. The molecule has 3 aliphatic rings. The van der Waals surface area contributed by atoms with Crippen LogP contribution >= 0.6 is 0 Å². The quantitative estimate of drug-likeness (QED) is 0.311. The van der Waals surface area contributed by atoms with Crippen molar-refractivity contribution >= 4 is 22.4 Å². The van der Waals surface area contributed by atoms with Crippen molar-refractivity contribution in [3.8, 4) is 0 Å². The zero-order chi connectivity index (χ0) is 25.3. The van der Waals surface area contributed by atoms with Gasteiger partial charge in [-0.25, -0.2) is 4.98 Å². The number of alkyl halides is 6. The Bertz CT molecular complexity index is 1290. The van der Waals surface area contributed by atoms with Crippen LogP contribution in [0.3, 0.4) is 0 Å². The number of allylic oxidation sites excluding steroid dienone is 3. The molecule has 1 aromatic heterocycles. The van der Waals surface area contributed by atoms with Crippen LogP contribution < -0.4 is 0 Å². The second-order valence-electron chi connectivity index (χ2n) is 9.92. The Labute approximate surface area is 198 Å². The third-order valence-electron chi connectivity index (χ3n) is 8.03. The summed E-state index contributed by atoms with van der Waals surface area (Å²) in [6.45, 7) is 2.15. The number of hydrogen-bond donors (Lipinski definition) is 0. The molecule has 1 amide bonds. The van der Waals surface area contributed by atoms with E-state index in [-0.39, 0.29) is 28.3 Å². The highest BCUT2D eigenvalue weighted by molar-refractivity contribution is 5.94. The summed E-state index contributed by atoms with van der Waals surface area (Å²) in [4.78, 5) is 17.5. The second-order valence-corrected chi connectivity index (χ2v) is 9.92. The Balaban J connectivity index is 1.61. The first-order chi connectivity index (χ1) is 16.3. The van der Waals surface area contributed by atoms with E-state index in [4.69, 9.17) is 0 Å². The number of para-hydroxylation sites is 1. The lowest BCUT2D eigenvalue weighted by Crippen LogP contribution is -2.54. The Hall–Kier alpha value is -2.84. The molecule has 3 nitrogen and oxygen atoms in total. The van der Waals surface area contributed by atoms with Crippen molar-refractivity contribution in [2.75, 3.05) is 7.05 Å². The van der Waals surface area contributed by atoms with Crippen molar-refractivity contribution in [1.29, 1.82) is 0 Å². The van der Waals surface area contributed by atoms with Crippen LogP contribution in [0.25, 0.3) is 16.5 Å². The number of carbonyl (C=O) groups excluding carboxylic acids is 1. The highest BCUT2D eigenvalue weighted by atomic mass is 19.4. The third kappa shape index (κ3) is 3.83. The molecular formula is C26H24F6N2O. The average Bonchev–Trinajstić information content (AvgIpc) is 2.79. The molecule has 1 fully saturated rings. The van der Waals surface area contributed by atoms with Gasteiger partial charge in [0, 0.05) is 30.3 Å². The summed E-state index contributed by atoms with van der Waals surface area (Å²) in [6, 6.07) is 4.32. The number of rotatable bonds is 1. The summed E-state index contributed by atoms with van der Waals surface area (Å²) in [6.07, 6.45) is -4.37. The number of benzene rings is 1. The van der Waals surface area contributed by atoms with Gasteiger partial charge in [-0.15, -0.1) is 0 Å². The fraction of sp³-hybridized carbons (Fsp3) is 0.462. The van der Waals surface area contributed by atoms with Gasteiger partial charge >= 0.3 is 12.4 Å². The van der Waals surface area contributed by atoms with Crippen LogP contribution in [0, 0.1) is 5.41 Å². The highest BCUT2D eigenvalue weighted by Gasteiger charge is 2.48. The molecule has 1 aliphatic heterocycles. The molecule has 186 valence electrons. The predicted octanol–water partition coefficient (Wildman–Crippen LogP) is 7.17. The number of hydrogen-bond acceptors (Lipinski definition) is 2. The van der Waals surface area contributed by atoms with E-state index in [9.17, 15) is 31.1 Å². The van der Waals surface area contributed by atoms with Crippen molar-refractivity contribution in [2.45, 2.75) is 63.8 Å². The standard InChI is InChI=1S/C26H24F6N2O/c1-24-11-10-22(35)34(2)21(24)9-7-15-12-14(6-8-18(15)24)17-13-20(26(30,31)32)33-23-16(17)4-3-5-19(23)25(27,28)29/h3-6,13,21H,7-12H2,1-2H3/t21-,24-/m1/s1. The first-order valence-corrected chi connectivity index (χ1v) is 11.6. The Kier molecular flexibility index (Phi) is 5.34. The minimum Gasteiger partial charge on any atom is -0.342 e. The lowest BCUT2D eigenvalue weighted by Gasteiger charge is -2.52. The maximum Gasteiger partial charge on any atom is 0.433 e. The number of likely N-dealkylation sites (tertiary alicyclic amines) is 1. The molecule has 5 rings (SSSR count). The lowest BCUT2D eigenvalue weighted by atomic mass is 9.60. The van der Waals surface area contributed by atoms with Gasteiger partial charge in [0.1, 0.15) is 5.69 Å². The molecule has 0 bridgehead atoms. The Morgan fingerprint density at radius 1 is 1.09 bits per heavy atom. The van der Waals surface area contributed by atoms with E-state index in [1.54, 1.807) is 0 Å². The number of amides is 1. The van der Waals surface area contributed by atoms with E-state index in [0.29, 0.717) is 37.7 Å². The fourth-order valence-electron chi connectivity index (χ4n) is 6.23. The molecule has 9 heteroatoms. The molecule has 1 aromatic carbocycles. The summed E-state index contributed by atoms with van der Waals surface area (Å²) in [5.41, 5.74) is -0.349. The number of piperidine rings is 1. The number of carbonyl (C=O) groups is 1. The number of halogens is 6. The van der Waals surface area contributed by atoms with Gasteiger partial charge < -0.3 is 4.90 Å². The van der Waals surface area contributed by atoms with Crippen molar-refractivity contribution in [3.05, 3.63) is 58.3 Å². The van der Waals surface area contributed by atoms with Crippen LogP contribution in [0.4, 0.5) is 26.3 Å². The van der Waals surface area contributed by atoms with Crippen LogP contribution in [-0.4, -0.2) is 28.9 Å². The van der Waals surface area contributed by atoms with E-state index < -0.39 is 29.1 Å². The van der Waals surface area contributed by atoms with Crippen LogP contribution in [0.1, 0.15) is 62.3 Å². The molecule has 2 aromatic rings. The van der Waals surface area contributed by atoms with Gasteiger partial charge in [-0.1, -0.05) is 36.3 Å². The van der Waals surface area contributed by atoms with Gasteiger partial charge in [-0.2, -0.15) is 26.3 Å². The number of pyridine rings is 1. The van der Waals surface area contributed by atoms with Gasteiger partial charge in [0.2, 0.25) is 5.91 Å². The molecule has 2 aliphatic carbocycles. The first kappa shape index (κ1) is 23.9. The van der Waals surface area contributed by atoms with E-state index in [0.717, 1.165) is 24.1 Å². The van der Waals surface area contributed by atoms with Crippen molar-refractivity contribution in [3.63, 3.8) is 0 Å². The van der Waals surface area contributed by atoms with Crippen molar-refractivity contribution in [2.24, 2.45) is 5.41 Å². The van der Waals surface area contributed by atoms with Gasteiger partial charge in [0.25, 0.3) is 0 Å². The molecule has 0 saturated carbocycles. The van der Waals surface area contributed by atoms with Crippen LogP contribution in [0.5, 0.6) is 0 Å². The lowest BCUT2D eigenvalue weighted by molar-refractivity contribution is -0.142. The zero-order valence-corrected chi connectivity index (χ0v) is 19.3. The third-order valence-corrected chi connectivity index (χ3v) is 8.03. The topological polar surface area (TPSA) is 33.2 Å². The molecule has 0 unspecified atom stereocenters. The van der Waals surface area contributed by atoms with Crippen LogP contribution in [0.15, 0.2) is 41.5 Å². The summed E-state index contributed by atoms with van der Waals surface area (Å²) in [5.74, 6) is 0.118. The molecular weight excluding hydrogens is 470 g/mol. The predicted molar refractivity (Wildman–Crippen MR) is 119 cm³/mol. The number of aromatic nitrogens is 1. The number of nitrogens with zero attached hydrogens (tertiary/aromatic N) is 2. The van der Waals surface area contributed by atoms with E-state index in [2.05, 4.69) is 11.9 Å². The van der Waals surface area contributed by atoms with Crippen molar-refractivity contribution < 1.29 is 31.1 Å². The smallest absolute Gasteiger partial charge is 0.342 e. The normalized spacial score (nSPS) is 25.5. The second kappa shape index (κ2) is 7.83. The minimum absolute atomic E-state index is 0.0611. The minimum atomic E-state index is -4.88. The van der Waals surface area contributed by atoms with Gasteiger partial charge in [-0.05, 0) is 55.4 Å². The Morgan fingerprint density at radius 3 is 2.51 bits per heavy atom. The van der Waals surface area contributed by atoms with Crippen LogP contribution in [-0.2, 0) is 17.1 Å². The van der Waals surface area contributed by atoms with Gasteiger partial charge in [0.15, 0.2) is 0 Å². The first-order valence-electron chi connectivity index (χ1n) is 11.6. The SMILES string of the molecule is CN1C(=O)CC[C@]2(C)C3=C(CC[C@@H]12)CC(c1cc(C(F)(F)F)nc2c(C(F)(F)F)cccc12)=CC3. The summed E-state index contributed by atoms with van der Waals surface area (Å²) in [7, 11) is 1.82. The van der Waals surface area contributed by atoms with Gasteiger partial charge in [-0.3, -0.25) is 4.79 Å². The van der Waals surface area contributed by atoms with Crippen molar-refractivity contribution in [1.82, 2.24) is 9.88 Å². The molecule has 0 N–H and O–H groups in total. The highest BCUT2D eigenvalue weighted by Crippen LogP contribution is 2.53. The molecule has 2 atom stereocenters. The molecule has 35 heavy (non-hydrogen) atoms. The largest absolute Gasteiger partial charge is 0.433 e. The molecule has 0 radical (unpaired) electrons. The maximum atomic E-state index is 13.7. The summed E-state index contributed by atoms with van der Waals surface area (Å²) in [5, 5.41) is 0.0611. The fourth-order valence-corrected chi connectivity index (χ4v) is 6.23. The summed E-state index contributed by atoms with van der Waals surface area (Å²) < 4.78 is 81.9.